The average molecular weight is 336 g/mol. The van der Waals surface area contributed by atoms with E-state index in [1.54, 1.807) is 48.5 Å². The predicted octanol–water partition coefficient (Wildman–Crippen LogP) is 2.75. The second kappa shape index (κ2) is 7.00. The molecule has 0 aromatic heterocycles. The highest BCUT2D eigenvalue weighted by Gasteiger charge is 2.36. The molecule has 0 unspecified atom stereocenters. The van der Waals surface area contributed by atoms with Gasteiger partial charge in [0, 0.05) is 0 Å². The number of hydrogen-bond acceptors (Lipinski definition) is 4. The zero-order valence-corrected chi connectivity index (χ0v) is 13.6. The summed E-state index contributed by atoms with van der Waals surface area (Å²) in [6.45, 7) is 2.38. The normalized spacial score (nSPS) is 16.1. The lowest BCUT2D eigenvalue weighted by Gasteiger charge is -2.26. The first-order valence-electron chi connectivity index (χ1n) is 7.79. The van der Waals surface area contributed by atoms with E-state index in [0.717, 1.165) is 4.90 Å². The Morgan fingerprint density at radius 2 is 1.68 bits per heavy atom. The molecule has 2 aromatic rings. The SMILES string of the molecule is CCOc1ccc(N2C(=O)NC(=O)C(=Cc3ccccc3)C2=O)cc1. The molecule has 1 heterocycles. The summed E-state index contributed by atoms with van der Waals surface area (Å²) in [4.78, 5) is 37.8. The van der Waals surface area contributed by atoms with E-state index in [1.165, 1.54) is 6.08 Å². The molecule has 1 aliphatic rings. The molecule has 0 spiro atoms. The smallest absolute Gasteiger partial charge is 0.335 e. The van der Waals surface area contributed by atoms with Crippen molar-refractivity contribution in [1.82, 2.24) is 5.32 Å². The molecule has 6 heteroatoms. The summed E-state index contributed by atoms with van der Waals surface area (Å²) in [6.07, 6.45) is 1.46. The van der Waals surface area contributed by atoms with Gasteiger partial charge in [-0.2, -0.15) is 0 Å². The Bertz CT molecular complexity index is 841. The van der Waals surface area contributed by atoms with Gasteiger partial charge < -0.3 is 4.74 Å². The van der Waals surface area contributed by atoms with Crippen LogP contribution in [0.25, 0.3) is 6.08 Å². The summed E-state index contributed by atoms with van der Waals surface area (Å²) >= 11 is 0. The van der Waals surface area contributed by atoms with Crippen LogP contribution < -0.4 is 15.0 Å². The quantitative estimate of drug-likeness (QED) is 0.688. The highest BCUT2D eigenvalue weighted by molar-refractivity contribution is 6.39. The Balaban J connectivity index is 1.94. The highest BCUT2D eigenvalue weighted by Crippen LogP contribution is 2.24. The van der Waals surface area contributed by atoms with Crippen molar-refractivity contribution in [3.8, 4) is 5.75 Å². The van der Waals surface area contributed by atoms with Crippen LogP contribution in [0, 0.1) is 0 Å². The van der Waals surface area contributed by atoms with E-state index >= 15 is 0 Å². The Morgan fingerprint density at radius 1 is 1.00 bits per heavy atom. The summed E-state index contributed by atoms with van der Waals surface area (Å²) in [5, 5.41) is 2.20. The Kier molecular flexibility index (Phi) is 4.61. The monoisotopic (exact) mass is 336 g/mol. The molecule has 3 rings (SSSR count). The first-order valence-corrected chi connectivity index (χ1v) is 7.79. The Morgan fingerprint density at radius 3 is 2.32 bits per heavy atom. The van der Waals surface area contributed by atoms with Crippen LogP contribution in [0.5, 0.6) is 5.75 Å². The van der Waals surface area contributed by atoms with Gasteiger partial charge >= 0.3 is 6.03 Å². The third kappa shape index (κ3) is 3.42. The fourth-order valence-electron chi connectivity index (χ4n) is 2.47. The van der Waals surface area contributed by atoms with Gasteiger partial charge in [0.2, 0.25) is 0 Å². The molecule has 1 N–H and O–H groups in total. The van der Waals surface area contributed by atoms with Crippen LogP contribution >= 0.6 is 0 Å². The molecule has 2 aromatic carbocycles. The van der Waals surface area contributed by atoms with Gasteiger partial charge in [-0.05, 0) is 42.8 Å². The van der Waals surface area contributed by atoms with E-state index in [-0.39, 0.29) is 5.57 Å². The number of urea groups is 1. The molecule has 0 radical (unpaired) electrons. The van der Waals surface area contributed by atoms with Crippen molar-refractivity contribution in [1.29, 1.82) is 0 Å². The van der Waals surface area contributed by atoms with Crippen molar-refractivity contribution in [3.63, 3.8) is 0 Å². The number of carbonyl (C=O) groups is 3. The first-order chi connectivity index (χ1) is 12.1. The van der Waals surface area contributed by atoms with Gasteiger partial charge in [0.1, 0.15) is 11.3 Å². The Hall–Kier alpha value is -3.41. The molecule has 6 nitrogen and oxygen atoms in total. The number of imide groups is 2. The second-order valence-electron chi connectivity index (χ2n) is 5.30. The number of carbonyl (C=O) groups excluding carboxylic acids is 3. The predicted molar refractivity (Wildman–Crippen MR) is 93.1 cm³/mol. The number of ether oxygens (including phenoxy) is 1. The molecule has 1 saturated heterocycles. The van der Waals surface area contributed by atoms with Crippen LogP contribution in [-0.2, 0) is 9.59 Å². The fourth-order valence-corrected chi connectivity index (χ4v) is 2.47. The van der Waals surface area contributed by atoms with Gasteiger partial charge in [0.25, 0.3) is 11.8 Å². The van der Waals surface area contributed by atoms with E-state index < -0.39 is 17.8 Å². The topological polar surface area (TPSA) is 75.7 Å². The fraction of sp³-hybridized carbons (Fsp3) is 0.105. The molecule has 1 fully saturated rings. The third-order valence-corrected chi connectivity index (χ3v) is 3.62. The molecule has 0 bridgehead atoms. The summed E-state index contributed by atoms with van der Waals surface area (Å²) in [6, 6.07) is 14.7. The zero-order chi connectivity index (χ0) is 17.8. The third-order valence-electron chi connectivity index (χ3n) is 3.62. The molecular weight excluding hydrogens is 320 g/mol. The lowest BCUT2D eigenvalue weighted by Crippen LogP contribution is -2.54. The standard InChI is InChI=1S/C19H16N2O4/c1-2-25-15-10-8-14(9-11-15)21-18(23)16(17(22)20-19(21)24)12-13-6-4-3-5-7-13/h3-12H,2H2,1H3,(H,20,22,24). The van der Waals surface area contributed by atoms with Crippen LogP contribution in [-0.4, -0.2) is 24.5 Å². The van der Waals surface area contributed by atoms with Crippen LogP contribution in [0.2, 0.25) is 0 Å². The van der Waals surface area contributed by atoms with Crippen LogP contribution in [0.4, 0.5) is 10.5 Å². The Labute approximate surface area is 144 Å². The number of benzene rings is 2. The van der Waals surface area contributed by atoms with Crippen molar-refractivity contribution in [3.05, 3.63) is 65.7 Å². The summed E-state index contributed by atoms with van der Waals surface area (Å²) < 4.78 is 5.35. The molecule has 4 amide bonds. The number of anilines is 1. The van der Waals surface area contributed by atoms with Crippen molar-refractivity contribution < 1.29 is 19.1 Å². The van der Waals surface area contributed by atoms with Crippen molar-refractivity contribution in [2.24, 2.45) is 0 Å². The summed E-state index contributed by atoms with van der Waals surface area (Å²) in [7, 11) is 0. The van der Waals surface area contributed by atoms with Crippen LogP contribution in [0.3, 0.4) is 0 Å². The maximum atomic E-state index is 12.7. The minimum Gasteiger partial charge on any atom is -0.494 e. The van der Waals surface area contributed by atoms with Gasteiger partial charge in [-0.25, -0.2) is 9.69 Å². The molecule has 126 valence electrons. The number of hydrogen-bond donors (Lipinski definition) is 1. The van der Waals surface area contributed by atoms with E-state index in [1.807, 2.05) is 13.0 Å². The molecular formula is C19H16N2O4. The maximum absolute atomic E-state index is 12.7. The summed E-state index contributed by atoms with van der Waals surface area (Å²) in [5.41, 5.74) is 0.957. The molecule has 1 aliphatic heterocycles. The van der Waals surface area contributed by atoms with Crippen molar-refractivity contribution >= 4 is 29.6 Å². The lowest BCUT2D eigenvalue weighted by atomic mass is 10.1. The number of nitrogens with zero attached hydrogens (tertiary/aromatic N) is 1. The van der Waals surface area contributed by atoms with Gasteiger partial charge in [-0.15, -0.1) is 0 Å². The van der Waals surface area contributed by atoms with Gasteiger partial charge in [-0.3, -0.25) is 14.9 Å². The first kappa shape index (κ1) is 16.4. The van der Waals surface area contributed by atoms with Crippen LogP contribution in [0.1, 0.15) is 12.5 Å². The number of nitrogens with one attached hydrogen (secondary N) is 1. The zero-order valence-electron chi connectivity index (χ0n) is 13.6. The molecule has 0 atom stereocenters. The second-order valence-corrected chi connectivity index (χ2v) is 5.30. The van der Waals surface area contributed by atoms with E-state index in [0.29, 0.717) is 23.6 Å². The minimum absolute atomic E-state index is 0.0975. The van der Waals surface area contributed by atoms with Gasteiger partial charge in [0.15, 0.2) is 0 Å². The lowest BCUT2D eigenvalue weighted by molar-refractivity contribution is -0.122. The van der Waals surface area contributed by atoms with Gasteiger partial charge in [0.05, 0.1) is 12.3 Å². The largest absolute Gasteiger partial charge is 0.494 e. The summed E-state index contributed by atoms with van der Waals surface area (Å²) in [5.74, 6) is -0.741. The van der Waals surface area contributed by atoms with Gasteiger partial charge in [-0.1, -0.05) is 30.3 Å². The van der Waals surface area contributed by atoms with Crippen LogP contribution in [0.15, 0.2) is 60.2 Å². The number of amides is 4. The van der Waals surface area contributed by atoms with E-state index in [9.17, 15) is 14.4 Å². The minimum atomic E-state index is -0.774. The van der Waals surface area contributed by atoms with E-state index in [2.05, 4.69) is 5.32 Å². The van der Waals surface area contributed by atoms with Crippen molar-refractivity contribution in [2.45, 2.75) is 6.92 Å². The van der Waals surface area contributed by atoms with E-state index in [4.69, 9.17) is 4.74 Å². The number of barbiturate groups is 1. The molecule has 0 saturated carbocycles. The average Bonchev–Trinajstić information content (AvgIpc) is 2.61. The highest BCUT2D eigenvalue weighted by atomic mass is 16.5. The number of rotatable bonds is 4. The maximum Gasteiger partial charge on any atom is 0.335 e. The molecule has 0 aliphatic carbocycles. The molecule has 25 heavy (non-hydrogen) atoms. The van der Waals surface area contributed by atoms with Crippen molar-refractivity contribution in [2.75, 3.05) is 11.5 Å².